The van der Waals surface area contributed by atoms with Crippen molar-refractivity contribution in [3.8, 4) is 17.3 Å². The van der Waals surface area contributed by atoms with Crippen LogP contribution in [0.5, 0.6) is 0 Å². The highest BCUT2D eigenvalue weighted by atomic mass is 79.9. The van der Waals surface area contributed by atoms with Crippen molar-refractivity contribution in [3.05, 3.63) is 52.6 Å². The van der Waals surface area contributed by atoms with Gasteiger partial charge >= 0.3 is 0 Å². The van der Waals surface area contributed by atoms with Crippen molar-refractivity contribution >= 4 is 27.4 Å². The molecule has 0 bridgehead atoms. The minimum atomic E-state index is 0.561. The Morgan fingerprint density at radius 3 is 2.89 bits per heavy atom. The fourth-order valence-corrected chi connectivity index (χ4v) is 2.32. The van der Waals surface area contributed by atoms with Crippen LogP contribution in [0.15, 0.2) is 47.1 Å². The van der Waals surface area contributed by atoms with Gasteiger partial charge in [0, 0.05) is 16.2 Å². The molecule has 2 aromatic heterocycles. The van der Waals surface area contributed by atoms with Crippen LogP contribution in [0.4, 0.5) is 5.82 Å². The Balaban J connectivity index is 2.25. The van der Waals surface area contributed by atoms with Gasteiger partial charge in [-0.05, 0) is 40.2 Å². The first-order valence-corrected chi connectivity index (χ1v) is 6.42. The number of imidazole rings is 1. The minimum absolute atomic E-state index is 0.561. The second-order valence-electron chi connectivity index (χ2n) is 4.11. The third-order valence-corrected chi connectivity index (χ3v) is 3.35. The molecule has 3 aromatic rings. The van der Waals surface area contributed by atoms with E-state index in [1.54, 1.807) is 12.1 Å². The molecule has 0 amide bonds. The normalized spacial score (nSPS) is 10.5. The summed E-state index contributed by atoms with van der Waals surface area (Å²) < 4.78 is 2.75. The number of aromatic nitrogens is 2. The largest absolute Gasteiger partial charge is 0.383 e. The van der Waals surface area contributed by atoms with E-state index in [0.717, 1.165) is 15.7 Å². The van der Waals surface area contributed by atoms with Crippen molar-refractivity contribution in [1.82, 2.24) is 9.38 Å². The quantitative estimate of drug-likeness (QED) is 0.750. The summed E-state index contributed by atoms with van der Waals surface area (Å²) in [5, 5.41) is 8.94. The smallest absolute Gasteiger partial charge is 0.139 e. The standard InChI is InChI=1S/C14H9BrN4/c15-11-4-5-12-18-13(14(17)19(12)8-11)10-3-1-2-9(6-10)7-16/h1-6,8H,17H2. The highest BCUT2D eigenvalue weighted by molar-refractivity contribution is 9.10. The van der Waals surface area contributed by atoms with Crippen LogP contribution >= 0.6 is 15.9 Å². The first-order chi connectivity index (χ1) is 9.19. The van der Waals surface area contributed by atoms with Crippen LogP contribution in [0.1, 0.15) is 5.56 Å². The van der Waals surface area contributed by atoms with Gasteiger partial charge in [0.05, 0.1) is 11.6 Å². The van der Waals surface area contributed by atoms with Gasteiger partial charge < -0.3 is 5.73 Å². The number of nitrogens with two attached hydrogens (primary N) is 1. The van der Waals surface area contributed by atoms with Crippen LogP contribution in [-0.4, -0.2) is 9.38 Å². The van der Waals surface area contributed by atoms with Gasteiger partial charge in [-0.2, -0.15) is 5.26 Å². The maximum Gasteiger partial charge on any atom is 0.139 e. The molecule has 4 nitrogen and oxygen atoms in total. The van der Waals surface area contributed by atoms with E-state index in [9.17, 15) is 0 Å². The number of fused-ring (bicyclic) bond motifs is 1. The van der Waals surface area contributed by atoms with Crippen molar-refractivity contribution in [3.63, 3.8) is 0 Å². The number of anilines is 1. The molecule has 0 aliphatic heterocycles. The second kappa shape index (κ2) is 4.41. The van der Waals surface area contributed by atoms with E-state index >= 15 is 0 Å². The van der Waals surface area contributed by atoms with Gasteiger partial charge in [0.15, 0.2) is 0 Å². The van der Waals surface area contributed by atoms with Crippen molar-refractivity contribution in [2.75, 3.05) is 5.73 Å². The highest BCUT2D eigenvalue weighted by Gasteiger charge is 2.11. The lowest BCUT2D eigenvalue weighted by Gasteiger charge is -2.00. The van der Waals surface area contributed by atoms with Crippen molar-refractivity contribution in [2.45, 2.75) is 0 Å². The van der Waals surface area contributed by atoms with Gasteiger partial charge in [0.1, 0.15) is 17.2 Å². The van der Waals surface area contributed by atoms with Gasteiger partial charge in [0.2, 0.25) is 0 Å². The molecular formula is C14H9BrN4. The molecule has 0 aliphatic rings. The first kappa shape index (κ1) is 11.8. The topological polar surface area (TPSA) is 67.1 Å². The Labute approximate surface area is 118 Å². The average molecular weight is 313 g/mol. The second-order valence-corrected chi connectivity index (χ2v) is 5.03. The van der Waals surface area contributed by atoms with Crippen molar-refractivity contribution in [1.29, 1.82) is 5.26 Å². The summed E-state index contributed by atoms with van der Waals surface area (Å²) in [5.41, 5.74) is 9.03. The van der Waals surface area contributed by atoms with Crippen molar-refractivity contribution in [2.24, 2.45) is 0 Å². The summed E-state index contributed by atoms with van der Waals surface area (Å²) in [4.78, 5) is 4.51. The SMILES string of the molecule is N#Cc1cccc(-c2nc3ccc(Br)cn3c2N)c1. The zero-order valence-electron chi connectivity index (χ0n) is 9.84. The molecule has 2 heterocycles. The Morgan fingerprint density at radius 1 is 1.26 bits per heavy atom. The lowest BCUT2D eigenvalue weighted by atomic mass is 10.1. The zero-order chi connectivity index (χ0) is 13.4. The molecule has 0 atom stereocenters. The Hall–Kier alpha value is -2.32. The number of hydrogen-bond acceptors (Lipinski definition) is 3. The fourth-order valence-electron chi connectivity index (χ4n) is 1.99. The molecule has 5 heteroatoms. The maximum atomic E-state index is 8.94. The lowest BCUT2D eigenvalue weighted by molar-refractivity contribution is 1.18. The molecule has 0 saturated carbocycles. The van der Waals surface area contributed by atoms with E-state index in [1.165, 1.54) is 0 Å². The van der Waals surface area contributed by atoms with Gasteiger partial charge in [-0.1, -0.05) is 12.1 Å². The van der Waals surface area contributed by atoms with Gasteiger partial charge in [0.25, 0.3) is 0 Å². The maximum absolute atomic E-state index is 8.94. The van der Waals surface area contributed by atoms with Gasteiger partial charge in [-0.15, -0.1) is 0 Å². The van der Waals surface area contributed by atoms with Crippen LogP contribution in [0.3, 0.4) is 0 Å². The molecule has 0 aliphatic carbocycles. The van der Waals surface area contributed by atoms with Crippen LogP contribution in [0.25, 0.3) is 16.9 Å². The summed E-state index contributed by atoms with van der Waals surface area (Å²) in [6.45, 7) is 0. The van der Waals surface area contributed by atoms with Gasteiger partial charge in [-0.25, -0.2) is 4.98 Å². The van der Waals surface area contributed by atoms with E-state index < -0.39 is 0 Å². The Bertz CT molecular complexity index is 814. The molecule has 19 heavy (non-hydrogen) atoms. The molecule has 92 valence electrons. The lowest BCUT2D eigenvalue weighted by Crippen LogP contribution is -1.94. The van der Waals surface area contributed by atoms with Crippen LogP contribution < -0.4 is 5.73 Å². The number of nitrogens with zero attached hydrogens (tertiary/aromatic N) is 3. The van der Waals surface area contributed by atoms with E-state index in [4.69, 9.17) is 11.0 Å². The predicted octanol–water partition coefficient (Wildman–Crippen LogP) is 3.22. The number of hydrogen-bond donors (Lipinski definition) is 1. The third-order valence-electron chi connectivity index (χ3n) is 2.88. The number of benzene rings is 1. The number of pyridine rings is 1. The van der Waals surface area contributed by atoms with Crippen LogP contribution in [0, 0.1) is 11.3 Å². The van der Waals surface area contributed by atoms with Gasteiger partial charge in [-0.3, -0.25) is 4.40 Å². The highest BCUT2D eigenvalue weighted by Crippen LogP contribution is 2.27. The van der Waals surface area contributed by atoms with E-state index in [1.807, 2.05) is 34.9 Å². The Kier molecular flexibility index (Phi) is 2.73. The molecule has 0 radical (unpaired) electrons. The molecule has 0 unspecified atom stereocenters. The van der Waals surface area contributed by atoms with Crippen molar-refractivity contribution < 1.29 is 0 Å². The van der Waals surface area contributed by atoms with Crippen LogP contribution in [-0.2, 0) is 0 Å². The summed E-state index contributed by atoms with van der Waals surface area (Å²) >= 11 is 3.41. The summed E-state index contributed by atoms with van der Waals surface area (Å²) in [6.07, 6.45) is 1.87. The van der Waals surface area contributed by atoms with E-state index in [-0.39, 0.29) is 0 Å². The fraction of sp³-hybridized carbons (Fsp3) is 0. The molecule has 0 spiro atoms. The minimum Gasteiger partial charge on any atom is -0.383 e. The molecule has 2 N–H and O–H groups in total. The van der Waals surface area contributed by atoms with E-state index in [2.05, 4.69) is 27.0 Å². The summed E-state index contributed by atoms with van der Waals surface area (Å²) in [5.74, 6) is 0.561. The molecule has 0 saturated heterocycles. The zero-order valence-corrected chi connectivity index (χ0v) is 11.4. The summed E-state index contributed by atoms with van der Waals surface area (Å²) in [6, 6.07) is 13.2. The first-order valence-electron chi connectivity index (χ1n) is 5.62. The molecule has 1 aromatic carbocycles. The number of rotatable bonds is 1. The monoisotopic (exact) mass is 312 g/mol. The number of nitrogen functional groups attached to an aromatic ring is 1. The Morgan fingerprint density at radius 2 is 2.11 bits per heavy atom. The molecule has 3 rings (SSSR count). The summed E-state index contributed by atoms with van der Waals surface area (Å²) in [7, 11) is 0. The average Bonchev–Trinajstić information content (AvgIpc) is 2.76. The molecule has 0 fully saturated rings. The number of nitriles is 1. The van der Waals surface area contributed by atoms with Crippen LogP contribution in [0.2, 0.25) is 0 Å². The predicted molar refractivity (Wildman–Crippen MR) is 77.5 cm³/mol. The number of halogens is 1. The third kappa shape index (κ3) is 1.96. The van der Waals surface area contributed by atoms with E-state index in [0.29, 0.717) is 17.1 Å². The molecular weight excluding hydrogens is 304 g/mol.